The molecule has 0 saturated heterocycles. The van der Waals surface area contributed by atoms with Crippen LogP contribution in [0, 0.1) is 0 Å². The largest absolute Gasteiger partial charge is 0.370 e. The van der Waals surface area contributed by atoms with Gasteiger partial charge in [-0.2, -0.15) is 0 Å². The van der Waals surface area contributed by atoms with Crippen molar-refractivity contribution < 1.29 is 0 Å². The number of benzene rings is 3. The fourth-order valence-corrected chi connectivity index (χ4v) is 3.25. The Kier molecular flexibility index (Phi) is 6.93. The first-order valence-electron chi connectivity index (χ1n) is 8.88. The van der Waals surface area contributed by atoms with Crippen LogP contribution >= 0.6 is 23.2 Å². The van der Waals surface area contributed by atoms with Gasteiger partial charge in [0.1, 0.15) is 0 Å². The fraction of sp³-hybridized carbons (Fsp3) is 0.136. The van der Waals surface area contributed by atoms with Gasteiger partial charge < -0.3 is 11.5 Å². The number of rotatable bonds is 7. The van der Waals surface area contributed by atoms with E-state index < -0.39 is 0 Å². The third kappa shape index (κ3) is 6.27. The van der Waals surface area contributed by atoms with E-state index in [0.717, 1.165) is 40.9 Å². The van der Waals surface area contributed by atoms with Gasteiger partial charge in [0.05, 0.1) is 5.69 Å². The summed E-state index contributed by atoms with van der Waals surface area (Å²) in [4.78, 5) is 6.49. The molecule has 3 aromatic rings. The third-order valence-corrected chi connectivity index (χ3v) is 4.72. The van der Waals surface area contributed by atoms with E-state index in [4.69, 9.17) is 34.7 Å². The van der Waals surface area contributed by atoms with Gasteiger partial charge in [0.2, 0.25) is 0 Å². The Labute approximate surface area is 175 Å². The molecule has 0 aliphatic rings. The Bertz CT molecular complexity index is 886. The van der Waals surface area contributed by atoms with Crippen molar-refractivity contribution in [1.82, 2.24) is 4.90 Å². The molecule has 3 aromatic carbocycles. The van der Waals surface area contributed by atoms with Crippen molar-refractivity contribution in [2.45, 2.75) is 19.6 Å². The van der Waals surface area contributed by atoms with E-state index in [9.17, 15) is 0 Å². The van der Waals surface area contributed by atoms with Gasteiger partial charge in [-0.15, -0.1) is 0 Å². The van der Waals surface area contributed by atoms with Crippen LogP contribution in [0.5, 0.6) is 0 Å². The molecule has 0 radical (unpaired) electrons. The van der Waals surface area contributed by atoms with Crippen LogP contribution in [0.25, 0.3) is 0 Å². The second-order valence-electron chi connectivity index (χ2n) is 6.60. The number of aliphatic imine (C=N–C) groups is 1. The second-order valence-corrected chi connectivity index (χ2v) is 7.48. The molecular formula is C22H22Cl2N4. The molecule has 28 heavy (non-hydrogen) atoms. The van der Waals surface area contributed by atoms with Gasteiger partial charge in [0.15, 0.2) is 5.96 Å². The van der Waals surface area contributed by atoms with Gasteiger partial charge in [-0.05, 0) is 53.1 Å². The molecule has 0 amide bonds. The minimum Gasteiger partial charge on any atom is -0.370 e. The molecule has 0 bridgehead atoms. The highest BCUT2D eigenvalue weighted by Crippen LogP contribution is 2.20. The van der Waals surface area contributed by atoms with Crippen LogP contribution in [0.3, 0.4) is 0 Å². The summed E-state index contributed by atoms with van der Waals surface area (Å²) in [6.45, 7) is 2.32. The Morgan fingerprint density at radius 3 is 1.71 bits per heavy atom. The highest BCUT2D eigenvalue weighted by molar-refractivity contribution is 6.30. The molecular weight excluding hydrogens is 391 g/mol. The van der Waals surface area contributed by atoms with Crippen molar-refractivity contribution in [1.29, 1.82) is 0 Å². The van der Waals surface area contributed by atoms with Gasteiger partial charge in [-0.1, -0.05) is 59.6 Å². The Balaban J connectivity index is 1.81. The van der Waals surface area contributed by atoms with E-state index in [1.807, 2.05) is 66.7 Å². The molecule has 4 nitrogen and oxygen atoms in total. The van der Waals surface area contributed by atoms with Crippen molar-refractivity contribution in [3.8, 4) is 0 Å². The van der Waals surface area contributed by atoms with E-state index in [1.54, 1.807) is 0 Å². The summed E-state index contributed by atoms with van der Waals surface area (Å²) in [5, 5.41) is 1.47. The standard InChI is InChI=1S/C22H22Cl2N4/c23-19-8-4-16(5-9-19)13-28(14-17-6-10-20(24)11-7-17)15-18-2-1-3-21(12-18)27-22(25)26/h1-12H,13-15H2,(H4,25,26,27). The minimum atomic E-state index is 0.0522. The Morgan fingerprint density at radius 1 is 0.714 bits per heavy atom. The van der Waals surface area contributed by atoms with Crippen LogP contribution in [0.4, 0.5) is 5.69 Å². The zero-order valence-corrected chi connectivity index (χ0v) is 16.9. The van der Waals surface area contributed by atoms with Crippen LogP contribution in [0.15, 0.2) is 77.8 Å². The van der Waals surface area contributed by atoms with Crippen molar-refractivity contribution in [3.05, 3.63) is 99.5 Å². The molecule has 4 N–H and O–H groups in total. The maximum absolute atomic E-state index is 6.02. The normalized spacial score (nSPS) is 10.8. The van der Waals surface area contributed by atoms with Gasteiger partial charge in [0.25, 0.3) is 0 Å². The lowest BCUT2D eigenvalue weighted by molar-refractivity contribution is 0.248. The summed E-state index contributed by atoms with van der Waals surface area (Å²) in [7, 11) is 0. The minimum absolute atomic E-state index is 0.0522. The van der Waals surface area contributed by atoms with Gasteiger partial charge >= 0.3 is 0 Å². The average Bonchev–Trinajstić information content (AvgIpc) is 2.65. The Morgan fingerprint density at radius 2 is 1.21 bits per heavy atom. The van der Waals surface area contributed by atoms with E-state index in [1.165, 1.54) is 11.1 Å². The van der Waals surface area contributed by atoms with Crippen molar-refractivity contribution in [2.75, 3.05) is 0 Å². The van der Waals surface area contributed by atoms with Gasteiger partial charge in [0, 0.05) is 29.7 Å². The molecule has 0 spiro atoms. The smallest absolute Gasteiger partial charge is 0.191 e. The first-order chi connectivity index (χ1) is 13.5. The molecule has 144 valence electrons. The van der Waals surface area contributed by atoms with E-state index >= 15 is 0 Å². The zero-order chi connectivity index (χ0) is 19.9. The topological polar surface area (TPSA) is 67.6 Å². The summed E-state index contributed by atoms with van der Waals surface area (Å²) in [5.74, 6) is 0.0522. The first kappa shape index (κ1) is 20.2. The van der Waals surface area contributed by atoms with E-state index in [0.29, 0.717) is 0 Å². The van der Waals surface area contributed by atoms with Crippen LogP contribution in [-0.4, -0.2) is 10.9 Å². The zero-order valence-electron chi connectivity index (χ0n) is 15.4. The SMILES string of the molecule is NC(N)=Nc1cccc(CN(Cc2ccc(Cl)cc2)Cc2ccc(Cl)cc2)c1. The lowest BCUT2D eigenvalue weighted by atomic mass is 10.1. The predicted molar refractivity (Wildman–Crippen MR) is 118 cm³/mol. The summed E-state index contributed by atoms with van der Waals surface area (Å²) in [6, 6.07) is 23.8. The molecule has 0 saturated carbocycles. The third-order valence-electron chi connectivity index (χ3n) is 4.21. The molecule has 0 atom stereocenters. The van der Waals surface area contributed by atoms with Crippen LogP contribution in [-0.2, 0) is 19.6 Å². The maximum atomic E-state index is 6.02. The molecule has 6 heteroatoms. The van der Waals surface area contributed by atoms with E-state index in [2.05, 4.69) is 16.0 Å². The molecule has 0 aliphatic heterocycles. The molecule has 0 aliphatic carbocycles. The van der Waals surface area contributed by atoms with Crippen LogP contribution < -0.4 is 11.5 Å². The molecule has 3 rings (SSSR count). The lowest BCUT2D eigenvalue weighted by Gasteiger charge is -2.23. The molecule has 0 heterocycles. The summed E-state index contributed by atoms with van der Waals surface area (Å²) >= 11 is 12.0. The monoisotopic (exact) mass is 412 g/mol. The number of hydrogen-bond acceptors (Lipinski definition) is 2. The van der Waals surface area contributed by atoms with Crippen molar-refractivity contribution in [2.24, 2.45) is 16.5 Å². The number of nitrogens with two attached hydrogens (primary N) is 2. The summed E-state index contributed by atoms with van der Waals surface area (Å²) in [6.07, 6.45) is 0. The molecule has 0 fully saturated rings. The molecule has 0 aromatic heterocycles. The number of nitrogens with zero attached hydrogens (tertiary/aromatic N) is 2. The summed E-state index contributed by atoms with van der Waals surface area (Å²) < 4.78 is 0. The average molecular weight is 413 g/mol. The van der Waals surface area contributed by atoms with Gasteiger partial charge in [-0.3, -0.25) is 4.90 Å². The number of halogens is 2. The van der Waals surface area contributed by atoms with Crippen LogP contribution in [0.2, 0.25) is 10.0 Å². The fourth-order valence-electron chi connectivity index (χ4n) is 3.00. The summed E-state index contributed by atoms with van der Waals surface area (Å²) in [5.41, 5.74) is 15.3. The number of guanidine groups is 1. The van der Waals surface area contributed by atoms with Crippen molar-refractivity contribution >= 4 is 34.8 Å². The highest BCUT2D eigenvalue weighted by atomic mass is 35.5. The number of hydrogen-bond donors (Lipinski definition) is 2. The van der Waals surface area contributed by atoms with Crippen molar-refractivity contribution in [3.63, 3.8) is 0 Å². The Hall–Kier alpha value is -2.53. The highest BCUT2D eigenvalue weighted by Gasteiger charge is 2.09. The maximum Gasteiger partial charge on any atom is 0.191 e. The predicted octanol–water partition coefficient (Wildman–Crippen LogP) is 5.10. The lowest BCUT2D eigenvalue weighted by Crippen LogP contribution is -2.22. The molecule has 0 unspecified atom stereocenters. The quantitative estimate of drug-likeness (QED) is 0.418. The van der Waals surface area contributed by atoms with E-state index in [-0.39, 0.29) is 5.96 Å². The second kappa shape index (κ2) is 9.60. The first-order valence-corrected chi connectivity index (χ1v) is 9.63. The van der Waals surface area contributed by atoms with Crippen LogP contribution in [0.1, 0.15) is 16.7 Å². The van der Waals surface area contributed by atoms with Gasteiger partial charge in [-0.25, -0.2) is 4.99 Å².